The average molecular weight is 288 g/mol. The third-order valence-corrected chi connectivity index (χ3v) is 5.12. The van der Waals surface area contributed by atoms with Crippen molar-refractivity contribution in [2.45, 2.75) is 65.9 Å². The van der Waals surface area contributed by atoms with Gasteiger partial charge in [0.2, 0.25) is 0 Å². The Labute approximate surface area is 128 Å². The largest absolute Gasteiger partial charge is 0.459 e. The molecule has 1 unspecified atom stereocenters. The first kappa shape index (κ1) is 16.1. The molecular formula is C19H28O2. The van der Waals surface area contributed by atoms with Gasteiger partial charge in [0.05, 0.1) is 5.41 Å². The van der Waals surface area contributed by atoms with E-state index in [1.165, 1.54) is 11.1 Å². The van der Waals surface area contributed by atoms with Crippen molar-refractivity contribution in [3.8, 4) is 0 Å². The topological polar surface area (TPSA) is 26.3 Å². The number of benzene rings is 1. The van der Waals surface area contributed by atoms with Gasteiger partial charge in [0.15, 0.2) is 0 Å². The lowest BCUT2D eigenvalue weighted by Crippen LogP contribution is -2.42. The minimum Gasteiger partial charge on any atom is -0.459 e. The highest BCUT2D eigenvalue weighted by Crippen LogP contribution is 2.36. The first-order valence-corrected chi connectivity index (χ1v) is 8.06. The van der Waals surface area contributed by atoms with Crippen molar-refractivity contribution in [3.05, 3.63) is 35.4 Å². The van der Waals surface area contributed by atoms with E-state index in [0.29, 0.717) is 5.92 Å². The van der Waals surface area contributed by atoms with E-state index in [9.17, 15) is 4.79 Å². The SMILES string of the molecule is CCC(C)(C)C(=O)OC(C)(C)C1CCc2ccccc2C1. The van der Waals surface area contributed by atoms with Gasteiger partial charge in [-0.3, -0.25) is 4.79 Å². The van der Waals surface area contributed by atoms with Crippen LogP contribution in [0.2, 0.25) is 0 Å². The zero-order chi connectivity index (χ0) is 15.7. The number of ether oxygens (including phenoxy) is 1. The van der Waals surface area contributed by atoms with Crippen molar-refractivity contribution in [2.24, 2.45) is 11.3 Å². The molecule has 0 bridgehead atoms. The van der Waals surface area contributed by atoms with Crippen molar-refractivity contribution < 1.29 is 9.53 Å². The van der Waals surface area contributed by atoms with Crippen LogP contribution in [0.1, 0.15) is 58.6 Å². The predicted molar refractivity (Wildman–Crippen MR) is 86.2 cm³/mol. The van der Waals surface area contributed by atoms with Crippen LogP contribution in [0, 0.1) is 11.3 Å². The molecule has 2 nitrogen and oxygen atoms in total. The number of carbonyl (C=O) groups is 1. The van der Waals surface area contributed by atoms with E-state index in [4.69, 9.17) is 4.74 Å². The van der Waals surface area contributed by atoms with E-state index in [-0.39, 0.29) is 5.97 Å². The molecule has 116 valence electrons. The highest BCUT2D eigenvalue weighted by molar-refractivity contribution is 5.76. The molecule has 1 atom stereocenters. The molecule has 1 aliphatic carbocycles. The van der Waals surface area contributed by atoms with Gasteiger partial charge < -0.3 is 4.74 Å². The highest BCUT2D eigenvalue weighted by atomic mass is 16.6. The summed E-state index contributed by atoms with van der Waals surface area (Å²) >= 11 is 0. The molecule has 21 heavy (non-hydrogen) atoms. The van der Waals surface area contributed by atoms with Crippen LogP contribution >= 0.6 is 0 Å². The lowest BCUT2D eigenvalue weighted by molar-refractivity contribution is -0.173. The Bertz CT molecular complexity index is 514. The van der Waals surface area contributed by atoms with E-state index in [1.807, 2.05) is 20.8 Å². The van der Waals surface area contributed by atoms with Crippen molar-refractivity contribution in [3.63, 3.8) is 0 Å². The van der Waals surface area contributed by atoms with Gasteiger partial charge >= 0.3 is 5.97 Å². The fourth-order valence-corrected chi connectivity index (χ4v) is 2.90. The molecule has 2 heteroatoms. The molecule has 0 N–H and O–H groups in total. The predicted octanol–water partition coefficient (Wildman–Crippen LogP) is 4.55. The van der Waals surface area contributed by atoms with Crippen molar-refractivity contribution in [2.75, 3.05) is 0 Å². The van der Waals surface area contributed by atoms with Gasteiger partial charge in [-0.2, -0.15) is 0 Å². The smallest absolute Gasteiger partial charge is 0.312 e. The van der Waals surface area contributed by atoms with E-state index >= 15 is 0 Å². The molecule has 0 spiro atoms. The van der Waals surface area contributed by atoms with Gasteiger partial charge in [0.1, 0.15) is 5.60 Å². The number of hydrogen-bond donors (Lipinski definition) is 0. The minimum absolute atomic E-state index is 0.0751. The second kappa shape index (κ2) is 5.82. The Morgan fingerprint density at radius 2 is 1.81 bits per heavy atom. The standard InChI is InChI=1S/C19H28O2/c1-6-18(2,3)17(20)21-19(4,5)16-12-11-14-9-7-8-10-15(14)13-16/h7-10,16H,6,11-13H2,1-5H3. The Balaban J connectivity index is 2.09. The number of fused-ring (bicyclic) bond motifs is 1. The van der Waals surface area contributed by atoms with Crippen LogP contribution in [0.5, 0.6) is 0 Å². The van der Waals surface area contributed by atoms with E-state index in [2.05, 4.69) is 38.1 Å². The van der Waals surface area contributed by atoms with Crippen molar-refractivity contribution in [1.82, 2.24) is 0 Å². The average Bonchev–Trinajstić information content (AvgIpc) is 2.46. The third-order valence-electron chi connectivity index (χ3n) is 5.12. The fourth-order valence-electron chi connectivity index (χ4n) is 2.90. The summed E-state index contributed by atoms with van der Waals surface area (Å²) in [7, 11) is 0. The Kier molecular flexibility index (Phi) is 4.46. The maximum Gasteiger partial charge on any atom is 0.312 e. The maximum atomic E-state index is 12.4. The van der Waals surface area contributed by atoms with Gasteiger partial charge in [0.25, 0.3) is 0 Å². The minimum atomic E-state index is -0.406. The van der Waals surface area contributed by atoms with Crippen LogP contribution in [-0.2, 0) is 22.4 Å². The summed E-state index contributed by atoms with van der Waals surface area (Å²) in [6, 6.07) is 8.62. The summed E-state index contributed by atoms with van der Waals surface area (Å²) in [4.78, 5) is 12.4. The lowest BCUT2D eigenvalue weighted by Gasteiger charge is -2.39. The maximum absolute atomic E-state index is 12.4. The molecule has 1 aromatic carbocycles. The molecule has 0 amide bonds. The van der Waals surface area contributed by atoms with Gasteiger partial charge in [0, 0.05) is 5.92 Å². The summed E-state index contributed by atoms with van der Waals surface area (Å²) in [6.07, 6.45) is 3.97. The summed E-state index contributed by atoms with van der Waals surface area (Å²) in [6.45, 7) is 10.1. The molecule has 1 aliphatic rings. The Morgan fingerprint density at radius 1 is 1.19 bits per heavy atom. The molecule has 0 fully saturated rings. The van der Waals surface area contributed by atoms with Gasteiger partial charge in [-0.05, 0) is 64.5 Å². The van der Waals surface area contributed by atoms with Gasteiger partial charge in [-0.25, -0.2) is 0 Å². The van der Waals surface area contributed by atoms with Crippen LogP contribution < -0.4 is 0 Å². The number of carbonyl (C=O) groups excluding carboxylic acids is 1. The fraction of sp³-hybridized carbons (Fsp3) is 0.632. The zero-order valence-electron chi connectivity index (χ0n) is 14.0. The number of hydrogen-bond acceptors (Lipinski definition) is 2. The zero-order valence-corrected chi connectivity index (χ0v) is 14.0. The van der Waals surface area contributed by atoms with Gasteiger partial charge in [-0.15, -0.1) is 0 Å². The first-order valence-electron chi connectivity index (χ1n) is 8.06. The summed E-state index contributed by atoms with van der Waals surface area (Å²) in [5.74, 6) is 0.317. The second-order valence-electron chi connectivity index (χ2n) is 7.44. The number of aryl methyl sites for hydroxylation is 1. The van der Waals surface area contributed by atoms with Gasteiger partial charge in [-0.1, -0.05) is 31.2 Å². The Hall–Kier alpha value is -1.31. The molecule has 2 rings (SSSR count). The molecule has 0 heterocycles. The van der Waals surface area contributed by atoms with Crippen molar-refractivity contribution in [1.29, 1.82) is 0 Å². The normalized spacial score (nSPS) is 19.0. The molecular weight excluding hydrogens is 260 g/mol. The molecule has 0 saturated carbocycles. The Morgan fingerprint density at radius 3 is 2.43 bits per heavy atom. The molecule has 0 aliphatic heterocycles. The second-order valence-corrected chi connectivity index (χ2v) is 7.44. The van der Waals surface area contributed by atoms with Crippen LogP contribution in [0.15, 0.2) is 24.3 Å². The quantitative estimate of drug-likeness (QED) is 0.760. The molecule has 0 aromatic heterocycles. The molecule has 1 aromatic rings. The van der Waals surface area contributed by atoms with E-state index in [1.54, 1.807) is 0 Å². The summed E-state index contributed by atoms with van der Waals surface area (Å²) in [5, 5.41) is 0. The highest BCUT2D eigenvalue weighted by Gasteiger charge is 2.39. The van der Waals surface area contributed by atoms with Crippen LogP contribution in [0.3, 0.4) is 0 Å². The number of rotatable bonds is 4. The van der Waals surface area contributed by atoms with Crippen molar-refractivity contribution >= 4 is 5.97 Å². The summed E-state index contributed by atoms with van der Waals surface area (Å²) < 4.78 is 5.91. The molecule has 0 saturated heterocycles. The van der Waals surface area contributed by atoms with E-state index < -0.39 is 11.0 Å². The van der Waals surface area contributed by atoms with Crippen LogP contribution in [0.4, 0.5) is 0 Å². The van der Waals surface area contributed by atoms with Crippen LogP contribution in [0.25, 0.3) is 0 Å². The first-order chi connectivity index (χ1) is 9.76. The molecule has 0 radical (unpaired) electrons. The third kappa shape index (κ3) is 3.48. The monoisotopic (exact) mass is 288 g/mol. The lowest BCUT2D eigenvalue weighted by atomic mass is 9.75. The summed E-state index contributed by atoms with van der Waals surface area (Å²) in [5.41, 5.74) is 2.05. The van der Waals surface area contributed by atoms with Crippen LogP contribution in [-0.4, -0.2) is 11.6 Å². The number of esters is 1. The van der Waals surface area contributed by atoms with E-state index in [0.717, 1.165) is 25.7 Å².